The second-order valence-electron chi connectivity index (χ2n) is 6.46. The Hall–Kier alpha value is -1.50. The molecule has 1 amide bonds. The molecule has 1 unspecified atom stereocenters. The second kappa shape index (κ2) is 12.8. The third-order valence-electron chi connectivity index (χ3n) is 4.19. The molecule has 0 radical (unpaired) electrons. The first-order valence-electron chi connectivity index (χ1n) is 9.24. The molecule has 1 fully saturated rings. The number of hydrogen-bond donors (Lipinski definition) is 2. The van der Waals surface area contributed by atoms with Crippen LogP contribution in [0.3, 0.4) is 0 Å². The van der Waals surface area contributed by atoms with Gasteiger partial charge in [0.1, 0.15) is 18.5 Å². The Balaban J connectivity index is 0.00000338. The van der Waals surface area contributed by atoms with Gasteiger partial charge < -0.3 is 19.5 Å². The molecule has 0 spiro atoms. The molecule has 7 heteroatoms. The highest BCUT2D eigenvalue weighted by Gasteiger charge is 2.16. The number of anilines is 1. The van der Waals surface area contributed by atoms with Crippen molar-refractivity contribution in [1.82, 2.24) is 4.90 Å². The van der Waals surface area contributed by atoms with Crippen molar-refractivity contribution in [3.63, 3.8) is 0 Å². The van der Waals surface area contributed by atoms with Gasteiger partial charge in [-0.1, -0.05) is 19.8 Å². The fourth-order valence-electron chi connectivity index (χ4n) is 2.79. The van der Waals surface area contributed by atoms with Crippen molar-refractivity contribution >= 4 is 24.2 Å². The minimum atomic E-state index is -0.654. The zero-order valence-electron chi connectivity index (χ0n) is 15.5. The summed E-state index contributed by atoms with van der Waals surface area (Å²) in [6, 6.07) is 7.17. The molecule has 2 rings (SSSR count). The Labute approximate surface area is 162 Å². The quantitative estimate of drug-likeness (QED) is 0.633. The molecule has 0 aromatic heterocycles. The summed E-state index contributed by atoms with van der Waals surface area (Å²) >= 11 is 0. The van der Waals surface area contributed by atoms with Gasteiger partial charge in [-0.05, 0) is 56.6 Å². The highest BCUT2D eigenvalue weighted by Crippen LogP contribution is 2.16. The lowest BCUT2D eigenvalue weighted by molar-refractivity contribution is 0.0437. The molecule has 1 heterocycles. The minimum absolute atomic E-state index is 0. The average molecular weight is 387 g/mol. The van der Waals surface area contributed by atoms with E-state index in [0.29, 0.717) is 18.8 Å². The van der Waals surface area contributed by atoms with E-state index in [1.807, 2.05) is 12.1 Å². The Bertz CT molecular complexity index is 507. The fourth-order valence-corrected chi connectivity index (χ4v) is 2.79. The number of nitrogens with one attached hydrogen (secondary N) is 1. The van der Waals surface area contributed by atoms with Crippen molar-refractivity contribution in [3.05, 3.63) is 24.3 Å². The Morgan fingerprint density at radius 3 is 2.58 bits per heavy atom. The molecule has 0 saturated carbocycles. The molecule has 1 atom stereocenters. The van der Waals surface area contributed by atoms with Gasteiger partial charge in [0.05, 0.1) is 6.61 Å². The summed E-state index contributed by atoms with van der Waals surface area (Å²) in [4.78, 5) is 14.0. The van der Waals surface area contributed by atoms with Gasteiger partial charge in [0.2, 0.25) is 0 Å². The number of aliphatic hydroxyl groups excluding tert-OH is 1. The van der Waals surface area contributed by atoms with Gasteiger partial charge in [-0.3, -0.25) is 5.32 Å². The third-order valence-corrected chi connectivity index (χ3v) is 4.19. The molecular formula is C19H31ClN2O4. The molecule has 1 aromatic rings. The highest BCUT2D eigenvalue weighted by atomic mass is 35.5. The molecule has 1 aromatic carbocycles. The lowest BCUT2D eigenvalue weighted by Gasteiger charge is -2.28. The topological polar surface area (TPSA) is 71.0 Å². The maximum absolute atomic E-state index is 11.8. The third kappa shape index (κ3) is 8.74. The minimum Gasteiger partial charge on any atom is -0.494 e. The number of rotatable bonds is 9. The number of carbonyl (C=O) groups excluding carboxylic acids is 1. The smallest absolute Gasteiger partial charge is 0.411 e. The van der Waals surface area contributed by atoms with Crippen LogP contribution in [-0.2, 0) is 4.74 Å². The number of hydrogen-bond acceptors (Lipinski definition) is 5. The van der Waals surface area contributed by atoms with Gasteiger partial charge in [-0.25, -0.2) is 4.79 Å². The Morgan fingerprint density at radius 2 is 1.92 bits per heavy atom. The number of amides is 1. The van der Waals surface area contributed by atoms with E-state index in [1.54, 1.807) is 12.1 Å². The van der Waals surface area contributed by atoms with Crippen molar-refractivity contribution in [2.45, 2.75) is 45.1 Å². The Morgan fingerprint density at radius 1 is 1.23 bits per heavy atom. The van der Waals surface area contributed by atoms with Crippen LogP contribution in [0.15, 0.2) is 24.3 Å². The zero-order chi connectivity index (χ0) is 17.9. The van der Waals surface area contributed by atoms with Gasteiger partial charge in [0.25, 0.3) is 0 Å². The summed E-state index contributed by atoms with van der Waals surface area (Å²) in [5.41, 5.74) is 0.637. The van der Waals surface area contributed by atoms with Crippen molar-refractivity contribution in [1.29, 1.82) is 0 Å². The van der Waals surface area contributed by atoms with Crippen LogP contribution in [-0.4, -0.2) is 55.1 Å². The predicted octanol–water partition coefficient (Wildman–Crippen LogP) is 3.68. The van der Waals surface area contributed by atoms with Crippen LogP contribution in [0.25, 0.3) is 0 Å². The van der Waals surface area contributed by atoms with Crippen LogP contribution < -0.4 is 10.1 Å². The number of piperidine rings is 1. The van der Waals surface area contributed by atoms with Gasteiger partial charge >= 0.3 is 6.09 Å². The number of carbonyl (C=O) groups is 1. The van der Waals surface area contributed by atoms with Crippen molar-refractivity contribution in [3.8, 4) is 5.75 Å². The van der Waals surface area contributed by atoms with E-state index >= 15 is 0 Å². The van der Waals surface area contributed by atoms with Gasteiger partial charge in [-0.15, -0.1) is 12.4 Å². The molecule has 0 aliphatic carbocycles. The number of ether oxygens (including phenoxy) is 2. The first-order chi connectivity index (χ1) is 12.2. The number of benzene rings is 1. The van der Waals surface area contributed by atoms with Crippen LogP contribution >= 0.6 is 12.4 Å². The van der Waals surface area contributed by atoms with Gasteiger partial charge in [0, 0.05) is 12.2 Å². The number of aliphatic hydroxyl groups is 1. The van der Waals surface area contributed by atoms with E-state index in [-0.39, 0.29) is 19.0 Å². The first-order valence-corrected chi connectivity index (χ1v) is 9.24. The van der Waals surface area contributed by atoms with E-state index < -0.39 is 12.2 Å². The van der Waals surface area contributed by atoms with Crippen LogP contribution in [0.1, 0.15) is 39.0 Å². The van der Waals surface area contributed by atoms with E-state index in [1.165, 1.54) is 19.3 Å². The Kier molecular flexibility index (Phi) is 11.1. The van der Waals surface area contributed by atoms with Crippen LogP contribution in [0, 0.1) is 0 Å². The van der Waals surface area contributed by atoms with Crippen molar-refractivity contribution in [2.75, 3.05) is 38.2 Å². The van der Waals surface area contributed by atoms with E-state index in [4.69, 9.17) is 9.47 Å². The summed E-state index contributed by atoms with van der Waals surface area (Å²) in [6.45, 7) is 5.38. The van der Waals surface area contributed by atoms with E-state index in [2.05, 4.69) is 17.1 Å². The van der Waals surface area contributed by atoms with E-state index in [9.17, 15) is 9.90 Å². The number of β-amino-alcohol motifs (C(OH)–C–C–N with tert-alkyl or cyclic N) is 1. The van der Waals surface area contributed by atoms with Crippen LogP contribution in [0.2, 0.25) is 0 Å². The highest BCUT2D eigenvalue weighted by molar-refractivity contribution is 5.85. The number of halogens is 1. The van der Waals surface area contributed by atoms with Crippen LogP contribution in [0.4, 0.5) is 10.5 Å². The normalized spacial score (nSPS) is 15.6. The zero-order valence-corrected chi connectivity index (χ0v) is 16.3. The lowest BCUT2D eigenvalue weighted by atomic mass is 10.1. The van der Waals surface area contributed by atoms with Crippen molar-refractivity contribution < 1.29 is 19.4 Å². The monoisotopic (exact) mass is 386 g/mol. The van der Waals surface area contributed by atoms with Crippen LogP contribution in [0.5, 0.6) is 5.75 Å². The lowest BCUT2D eigenvalue weighted by Crippen LogP contribution is -2.38. The SMILES string of the molecule is CCCCOc1ccc(NC(=O)OCC(O)CN2CCCCC2)cc1.Cl. The summed E-state index contributed by atoms with van der Waals surface area (Å²) in [5, 5.41) is 12.6. The molecule has 0 bridgehead atoms. The van der Waals surface area contributed by atoms with Gasteiger partial charge in [-0.2, -0.15) is 0 Å². The number of unbranched alkanes of at least 4 members (excludes halogenated alkanes) is 1. The molecule has 1 aliphatic rings. The number of likely N-dealkylation sites (tertiary alicyclic amines) is 1. The average Bonchev–Trinajstić information content (AvgIpc) is 2.63. The number of nitrogens with zero attached hydrogens (tertiary/aromatic N) is 1. The maximum Gasteiger partial charge on any atom is 0.411 e. The molecule has 1 saturated heterocycles. The predicted molar refractivity (Wildman–Crippen MR) is 105 cm³/mol. The second-order valence-corrected chi connectivity index (χ2v) is 6.46. The van der Waals surface area contributed by atoms with Gasteiger partial charge in [0.15, 0.2) is 0 Å². The molecule has 1 aliphatic heterocycles. The molecule has 6 nitrogen and oxygen atoms in total. The molecule has 2 N–H and O–H groups in total. The van der Waals surface area contributed by atoms with E-state index in [0.717, 1.165) is 31.7 Å². The largest absolute Gasteiger partial charge is 0.494 e. The van der Waals surface area contributed by atoms with Crippen molar-refractivity contribution in [2.24, 2.45) is 0 Å². The first kappa shape index (κ1) is 22.5. The summed E-state index contributed by atoms with van der Waals surface area (Å²) in [7, 11) is 0. The summed E-state index contributed by atoms with van der Waals surface area (Å²) in [5.74, 6) is 0.782. The standard InChI is InChI=1S/C19H30N2O4.ClH/c1-2-3-13-24-18-9-7-16(8-10-18)20-19(23)25-15-17(22)14-21-11-5-4-6-12-21;/h7-10,17,22H,2-6,11-15H2,1H3,(H,20,23);1H. The fraction of sp³-hybridized carbons (Fsp3) is 0.632. The summed E-state index contributed by atoms with van der Waals surface area (Å²) in [6.07, 6.45) is 4.50. The summed E-state index contributed by atoms with van der Waals surface area (Å²) < 4.78 is 10.7. The molecular weight excluding hydrogens is 356 g/mol. The molecule has 148 valence electrons. The maximum atomic E-state index is 11.8. The molecule has 26 heavy (non-hydrogen) atoms.